The Bertz CT molecular complexity index is 220. The number of rotatable bonds is 3. The molecule has 0 amide bonds. The van der Waals surface area contributed by atoms with Crippen molar-refractivity contribution in [2.75, 3.05) is 13.1 Å². The Morgan fingerprint density at radius 3 is 2.41 bits per heavy atom. The van der Waals surface area contributed by atoms with Gasteiger partial charge >= 0.3 is 0 Å². The lowest BCUT2D eigenvalue weighted by atomic mass is 9.74. The summed E-state index contributed by atoms with van der Waals surface area (Å²) in [6.07, 6.45) is 10.8. The topological polar surface area (TPSA) is 3.01 Å². The summed E-state index contributed by atoms with van der Waals surface area (Å²) in [4.78, 5) is 2.63. The highest BCUT2D eigenvalue weighted by molar-refractivity contribution is 4.88. The van der Waals surface area contributed by atoms with Gasteiger partial charge in [-0.2, -0.15) is 0 Å². The Balaban J connectivity index is 0.000000514. The van der Waals surface area contributed by atoms with Crippen molar-refractivity contribution in [1.82, 2.24) is 4.90 Å². The zero-order valence-corrected chi connectivity index (χ0v) is 12.1. The van der Waals surface area contributed by atoms with Gasteiger partial charge in [0.2, 0.25) is 0 Å². The van der Waals surface area contributed by atoms with Gasteiger partial charge < -0.3 is 0 Å². The van der Waals surface area contributed by atoms with E-state index >= 15 is 0 Å². The van der Waals surface area contributed by atoms with Crippen molar-refractivity contribution >= 4 is 0 Å². The molecule has 0 N–H and O–H groups in total. The molecule has 0 aromatic carbocycles. The molecule has 3 aliphatic rings. The highest BCUT2D eigenvalue weighted by Crippen LogP contribution is 2.45. The van der Waals surface area contributed by atoms with Gasteiger partial charge in [0.25, 0.3) is 0 Å². The zero-order chi connectivity index (χ0) is 12.3. The van der Waals surface area contributed by atoms with E-state index < -0.39 is 0 Å². The van der Waals surface area contributed by atoms with E-state index in [0.29, 0.717) is 0 Å². The minimum atomic E-state index is 0.882. The molecule has 0 aromatic heterocycles. The van der Waals surface area contributed by atoms with E-state index in [0.717, 1.165) is 23.8 Å². The maximum absolute atomic E-state index is 2.63. The molecule has 1 aliphatic heterocycles. The largest absolute Gasteiger partial charge is 0.298 e. The van der Waals surface area contributed by atoms with Crippen molar-refractivity contribution in [2.24, 2.45) is 17.8 Å². The summed E-state index contributed by atoms with van der Waals surface area (Å²) in [7, 11) is 0. The second-order valence-corrected chi connectivity index (χ2v) is 6.25. The van der Waals surface area contributed by atoms with Gasteiger partial charge in [0.15, 0.2) is 0 Å². The van der Waals surface area contributed by atoms with Crippen LogP contribution in [0.1, 0.15) is 65.7 Å². The number of nitrogens with zero attached hydrogens (tertiary/aromatic N) is 1. The molecule has 1 saturated heterocycles. The summed E-state index contributed by atoms with van der Waals surface area (Å²) in [5.74, 6) is 3.34. The minimum Gasteiger partial charge on any atom is -0.298 e. The molecule has 3 rings (SSSR count). The van der Waals surface area contributed by atoms with Crippen LogP contribution in [0.15, 0.2) is 0 Å². The van der Waals surface area contributed by atoms with Crippen LogP contribution in [-0.4, -0.2) is 24.0 Å². The van der Waals surface area contributed by atoms with Crippen LogP contribution in [0.3, 0.4) is 0 Å². The molecule has 0 aromatic rings. The molecule has 1 nitrogen and oxygen atoms in total. The molecule has 3 fully saturated rings. The first kappa shape index (κ1) is 13.4. The summed E-state index contributed by atoms with van der Waals surface area (Å²) in [5.41, 5.74) is 0. The first-order valence-corrected chi connectivity index (χ1v) is 8.07. The van der Waals surface area contributed by atoms with Crippen molar-refractivity contribution < 1.29 is 0 Å². The summed E-state index contributed by atoms with van der Waals surface area (Å²) in [6, 6.07) is 0.882. The molecular formula is C16H31N. The number of hydrogen-bond acceptors (Lipinski definition) is 1. The van der Waals surface area contributed by atoms with Crippen molar-refractivity contribution in [3.63, 3.8) is 0 Å². The van der Waals surface area contributed by atoms with Gasteiger partial charge in [-0.05, 0) is 43.9 Å². The minimum absolute atomic E-state index is 0.882. The van der Waals surface area contributed by atoms with Gasteiger partial charge in [0.1, 0.15) is 0 Å². The molecule has 0 spiro atoms. The Morgan fingerprint density at radius 2 is 1.71 bits per heavy atom. The van der Waals surface area contributed by atoms with E-state index in [1.807, 2.05) is 13.8 Å². The van der Waals surface area contributed by atoms with Crippen molar-refractivity contribution in [3.8, 4) is 0 Å². The Morgan fingerprint density at radius 1 is 1.00 bits per heavy atom. The second-order valence-electron chi connectivity index (χ2n) is 6.25. The van der Waals surface area contributed by atoms with Crippen LogP contribution in [0.5, 0.6) is 0 Å². The van der Waals surface area contributed by atoms with E-state index in [1.165, 1.54) is 25.9 Å². The molecule has 0 radical (unpaired) electrons. The SMILES string of the molecule is CC.CC(CC1CCC2CCCC2C1)N1CC1. The van der Waals surface area contributed by atoms with Crippen LogP contribution in [-0.2, 0) is 0 Å². The quantitative estimate of drug-likeness (QED) is 0.661. The molecule has 17 heavy (non-hydrogen) atoms. The normalized spacial score (nSPS) is 37.9. The van der Waals surface area contributed by atoms with Gasteiger partial charge in [-0.15, -0.1) is 0 Å². The lowest BCUT2D eigenvalue weighted by molar-refractivity contribution is 0.180. The predicted molar refractivity (Wildman–Crippen MR) is 75.2 cm³/mol. The maximum Gasteiger partial charge on any atom is 0.0113 e. The second kappa shape index (κ2) is 6.22. The van der Waals surface area contributed by atoms with Crippen molar-refractivity contribution in [1.29, 1.82) is 0 Å². The summed E-state index contributed by atoms with van der Waals surface area (Å²) >= 11 is 0. The van der Waals surface area contributed by atoms with E-state index in [1.54, 1.807) is 32.1 Å². The third-order valence-corrected chi connectivity index (χ3v) is 5.18. The third kappa shape index (κ3) is 3.47. The Hall–Kier alpha value is -0.0400. The molecule has 4 unspecified atom stereocenters. The van der Waals surface area contributed by atoms with Gasteiger partial charge in [-0.1, -0.05) is 39.5 Å². The average molecular weight is 237 g/mol. The van der Waals surface area contributed by atoms with Gasteiger partial charge in [0, 0.05) is 19.1 Å². The highest BCUT2D eigenvalue weighted by atomic mass is 15.3. The molecule has 0 bridgehead atoms. The van der Waals surface area contributed by atoms with Gasteiger partial charge in [0.05, 0.1) is 0 Å². The molecular weight excluding hydrogens is 206 g/mol. The molecule has 2 aliphatic carbocycles. The lowest BCUT2D eigenvalue weighted by Gasteiger charge is -2.33. The molecule has 1 heterocycles. The smallest absolute Gasteiger partial charge is 0.0113 e. The van der Waals surface area contributed by atoms with E-state index in [2.05, 4.69) is 11.8 Å². The van der Waals surface area contributed by atoms with E-state index in [4.69, 9.17) is 0 Å². The molecule has 4 atom stereocenters. The van der Waals surface area contributed by atoms with Crippen LogP contribution in [0.25, 0.3) is 0 Å². The first-order chi connectivity index (χ1) is 8.33. The molecule has 100 valence electrons. The average Bonchev–Trinajstić information content (AvgIpc) is 3.11. The zero-order valence-electron chi connectivity index (χ0n) is 12.1. The first-order valence-electron chi connectivity index (χ1n) is 8.07. The van der Waals surface area contributed by atoms with E-state index in [9.17, 15) is 0 Å². The Kier molecular flexibility index (Phi) is 4.90. The molecule has 1 heteroatoms. The number of hydrogen-bond donors (Lipinski definition) is 0. The molecule has 2 saturated carbocycles. The van der Waals surface area contributed by atoms with Crippen LogP contribution < -0.4 is 0 Å². The Labute approximate surface area is 108 Å². The predicted octanol–water partition coefficient (Wildman–Crippen LogP) is 4.32. The van der Waals surface area contributed by atoms with Crippen LogP contribution in [0.4, 0.5) is 0 Å². The third-order valence-electron chi connectivity index (χ3n) is 5.18. The lowest BCUT2D eigenvalue weighted by Crippen LogP contribution is -2.25. The van der Waals surface area contributed by atoms with Gasteiger partial charge in [-0.3, -0.25) is 4.90 Å². The highest BCUT2D eigenvalue weighted by Gasteiger charge is 2.35. The summed E-state index contributed by atoms with van der Waals surface area (Å²) < 4.78 is 0. The standard InChI is InChI=1S/C14H25N.C2H6/c1-11(15-7-8-15)9-12-5-6-13-3-2-4-14(13)10-12;1-2/h11-14H,2-10H2,1H3;1-2H3. The van der Waals surface area contributed by atoms with Crippen molar-refractivity contribution in [2.45, 2.75) is 71.8 Å². The number of fused-ring (bicyclic) bond motifs is 1. The summed E-state index contributed by atoms with van der Waals surface area (Å²) in [6.45, 7) is 9.19. The van der Waals surface area contributed by atoms with Gasteiger partial charge in [-0.25, -0.2) is 0 Å². The monoisotopic (exact) mass is 237 g/mol. The van der Waals surface area contributed by atoms with Crippen LogP contribution >= 0.6 is 0 Å². The summed E-state index contributed by atoms with van der Waals surface area (Å²) in [5, 5.41) is 0. The fourth-order valence-electron chi connectivity index (χ4n) is 4.14. The van der Waals surface area contributed by atoms with Crippen molar-refractivity contribution in [3.05, 3.63) is 0 Å². The van der Waals surface area contributed by atoms with Crippen LogP contribution in [0.2, 0.25) is 0 Å². The fourth-order valence-corrected chi connectivity index (χ4v) is 4.14. The fraction of sp³-hybridized carbons (Fsp3) is 1.00. The van der Waals surface area contributed by atoms with E-state index in [-0.39, 0.29) is 0 Å². The van der Waals surface area contributed by atoms with Crippen LogP contribution in [0, 0.1) is 17.8 Å². The maximum atomic E-state index is 2.63.